The third kappa shape index (κ3) is 2.71. The van der Waals surface area contributed by atoms with E-state index in [0.717, 1.165) is 18.7 Å². The maximum absolute atomic E-state index is 11.5. The van der Waals surface area contributed by atoms with Gasteiger partial charge in [0.15, 0.2) is 0 Å². The van der Waals surface area contributed by atoms with Gasteiger partial charge >= 0.3 is 5.97 Å². The number of anilines is 1. The van der Waals surface area contributed by atoms with Crippen LogP contribution in [-0.4, -0.2) is 36.2 Å². The highest BCUT2D eigenvalue weighted by molar-refractivity contribution is 5.89. The van der Waals surface area contributed by atoms with E-state index in [4.69, 9.17) is 4.74 Å². The van der Waals surface area contributed by atoms with Gasteiger partial charge in [0.25, 0.3) is 0 Å². The summed E-state index contributed by atoms with van der Waals surface area (Å²) in [5, 5.41) is 7.05. The van der Waals surface area contributed by atoms with Gasteiger partial charge in [-0.15, -0.1) is 0 Å². The number of esters is 1. The molecule has 5 heteroatoms. The lowest BCUT2D eigenvalue weighted by Gasteiger charge is -2.30. The fourth-order valence-corrected chi connectivity index (χ4v) is 3.14. The van der Waals surface area contributed by atoms with Gasteiger partial charge < -0.3 is 15.4 Å². The van der Waals surface area contributed by atoms with E-state index in [2.05, 4.69) is 15.6 Å². The molecule has 2 aliphatic heterocycles. The second-order valence-corrected chi connectivity index (χ2v) is 5.37. The molecule has 2 N–H and O–H groups in total. The molecule has 2 saturated heterocycles. The Morgan fingerprint density at radius 1 is 1.42 bits per heavy atom. The van der Waals surface area contributed by atoms with Crippen LogP contribution in [0.5, 0.6) is 0 Å². The first-order chi connectivity index (χ1) is 9.24. The number of aromatic nitrogens is 1. The zero-order valence-corrected chi connectivity index (χ0v) is 11.1. The standard InChI is InChI=1S/C14H19N3O2/c1-19-14(18)9-4-5-15-13(6-9)17-12-7-10-2-3-11(8-12)16-10/h4-6,10-12,16H,2-3,7-8H2,1H3,(H,15,17). The van der Waals surface area contributed by atoms with Gasteiger partial charge in [0.1, 0.15) is 5.82 Å². The van der Waals surface area contributed by atoms with Crippen LogP contribution in [0.3, 0.4) is 0 Å². The van der Waals surface area contributed by atoms with E-state index in [1.54, 1.807) is 18.3 Å². The minimum Gasteiger partial charge on any atom is -0.465 e. The average Bonchev–Trinajstić information content (AvgIpc) is 2.77. The summed E-state index contributed by atoms with van der Waals surface area (Å²) in [5.74, 6) is 0.435. The van der Waals surface area contributed by atoms with Crippen molar-refractivity contribution in [2.75, 3.05) is 12.4 Å². The lowest BCUT2D eigenvalue weighted by Crippen LogP contribution is -2.43. The Balaban J connectivity index is 1.68. The van der Waals surface area contributed by atoms with Crippen molar-refractivity contribution in [2.24, 2.45) is 0 Å². The molecule has 0 radical (unpaired) electrons. The molecule has 5 nitrogen and oxygen atoms in total. The summed E-state index contributed by atoms with van der Waals surface area (Å²) in [6.45, 7) is 0. The molecular formula is C14H19N3O2. The van der Waals surface area contributed by atoms with Gasteiger partial charge in [0.2, 0.25) is 0 Å². The second kappa shape index (κ2) is 5.17. The average molecular weight is 261 g/mol. The summed E-state index contributed by atoms with van der Waals surface area (Å²) in [7, 11) is 1.39. The van der Waals surface area contributed by atoms with Crippen LogP contribution in [-0.2, 0) is 4.74 Å². The number of hydrogen-bond donors (Lipinski definition) is 2. The van der Waals surface area contributed by atoms with Crippen LogP contribution in [0.25, 0.3) is 0 Å². The molecule has 102 valence electrons. The fraction of sp³-hybridized carbons (Fsp3) is 0.571. The topological polar surface area (TPSA) is 63.2 Å². The summed E-state index contributed by atoms with van der Waals surface area (Å²) in [6.07, 6.45) is 6.45. The van der Waals surface area contributed by atoms with Crippen LogP contribution in [0, 0.1) is 0 Å². The Morgan fingerprint density at radius 3 is 2.84 bits per heavy atom. The highest BCUT2D eigenvalue weighted by Crippen LogP contribution is 2.28. The summed E-state index contributed by atoms with van der Waals surface area (Å²) in [6, 6.07) is 5.15. The van der Waals surface area contributed by atoms with Crippen molar-refractivity contribution in [2.45, 2.75) is 43.8 Å². The maximum Gasteiger partial charge on any atom is 0.338 e. The zero-order chi connectivity index (χ0) is 13.2. The molecule has 1 aromatic rings. The minimum absolute atomic E-state index is 0.323. The first-order valence-corrected chi connectivity index (χ1v) is 6.81. The molecule has 0 aliphatic carbocycles. The number of rotatable bonds is 3. The Bertz CT molecular complexity index is 466. The number of nitrogens with zero attached hydrogens (tertiary/aromatic N) is 1. The molecule has 2 bridgehead atoms. The third-order valence-corrected chi connectivity index (χ3v) is 4.01. The summed E-state index contributed by atoms with van der Waals surface area (Å²) < 4.78 is 4.72. The van der Waals surface area contributed by atoms with Crippen LogP contribution in [0.15, 0.2) is 18.3 Å². The number of piperidine rings is 1. The number of hydrogen-bond acceptors (Lipinski definition) is 5. The smallest absolute Gasteiger partial charge is 0.338 e. The predicted molar refractivity (Wildman–Crippen MR) is 72.2 cm³/mol. The van der Waals surface area contributed by atoms with Gasteiger partial charge in [-0.25, -0.2) is 9.78 Å². The summed E-state index contributed by atoms with van der Waals surface area (Å²) in [5.41, 5.74) is 0.539. The van der Waals surface area contributed by atoms with Gasteiger partial charge in [0, 0.05) is 24.3 Å². The van der Waals surface area contributed by atoms with Crippen molar-refractivity contribution in [3.8, 4) is 0 Å². The lowest BCUT2D eigenvalue weighted by molar-refractivity contribution is 0.0600. The van der Waals surface area contributed by atoms with Crippen molar-refractivity contribution in [3.63, 3.8) is 0 Å². The number of fused-ring (bicyclic) bond motifs is 2. The lowest BCUT2D eigenvalue weighted by atomic mass is 10.00. The number of nitrogens with one attached hydrogen (secondary N) is 2. The highest BCUT2D eigenvalue weighted by Gasteiger charge is 2.33. The van der Waals surface area contributed by atoms with E-state index < -0.39 is 0 Å². The molecule has 2 atom stereocenters. The van der Waals surface area contributed by atoms with Crippen molar-refractivity contribution in [1.82, 2.24) is 10.3 Å². The molecular weight excluding hydrogens is 242 g/mol. The van der Waals surface area contributed by atoms with Gasteiger partial charge in [-0.1, -0.05) is 0 Å². The third-order valence-electron chi connectivity index (χ3n) is 4.01. The largest absolute Gasteiger partial charge is 0.465 e. The Hall–Kier alpha value is -1.62. The number of carbonyl (C=O) groups excluding carboxylic acids is 1. The van der Waals surface area contributed by atoms with Gasteiger partial charge in [0.05, 0.1) is 12.7 Å². The first kappa shape index (κ1) is 12.4. The monoisotopic (exact) mass is 261 g/mol. The maximum atomic E-state index is 11.5. The second-order valence-electron chi connectivity index (χ2n) is 5.37. The van der Waals surface area contributed by atoms with E-state index in [1.165, 1.54) is 20.0 Å². The van der Waals surface area contributed by atoms with E-state index in [0.29, 0.717) is 23.7 Å². The predicted octanol–water partition coefficient (Wildman–Crippen LogP) is 1.56. The van der Waals surface area contributed by atoms with E-state index in [9.17, 15) is 4.79 Å². The van der Waals surface area contributed by atoms with Crippen LogP contribution in [0.2, 0.25) is 0 Å². The van der Waals surface area contributed by atoms with Crippen LogP contribution in [0.4, 0.5) is 5.82 Å². The summed E-state index contributed by atoms with van der Waals surface area (Å²) >= 11 is 0. The Kier molecular flexibility index (Phi) is 3.38. The van der Waals surface area contributed by atoms with Crippen LogP contribution < -0.4 is 10.6 Å². The van der Waals surface area contributed by atoms with E-state index in [1.807, 2.05) is 0 Å². The first-order valence-electron chi connectivity index (χ1n) is 6.81. The molecule has 19 heavy (non-hydrogen) atoms. The molecule has 2 fully saturated rings. The molecule has 0 saturated carbocycles. The number of pyridine rings is 1. The van der Waals surface area contributed by atoms with Crippen molar-refractivity contribution in [1.29, 1.82) is 0 Å². The molecule has 3 rings (SSSR count). The Morgan fingerprint density at radius 2 is 2.16 bits per heavy atom. The van der Waals surface area contributed by atoms with E-state index in [-0.39, 0.29) is 5.97 Å². The molecule has 2 unspecified atom stereocenters. The molecule has 1 aromatic heterocycles. The SMILES string of the molecule is COC(=O)c1ccnc(NC2CC3CCC(C2)N3)c1. The highest BCUT2D eigenvalue weighted by atomic mass is 16.5. The molecule has 0 spiro atoms. The van der Waals surface area contributed by atoms with Crippen LogP contribution in [0.1, 0.15) is 36.0 Å². The number of methoxy groups -OCH3 is 1. The molecule has 0 amide bonds. The molecule has 2 aliphatic rings. The van der Waals surface area contributed by atoms with Crippen LogP contribution >= 0.6 is 0 Å². The van der Waals surface area contributed by atoms with Gasteiger partial charge in [-0.2, -0.15) is 0 Å². The van der Waals surface area contributed by atoms with Crippen molar-refractivity contribution < 1.29 is 9.53 Å². The van der Waals surface area contributed by atoms with Crippen molar-refractivity contribution in [3.05, 3.63) is 23.9 Å². The molecule has 0 aromatic carbocycles. The van der Waals surface area contributed by atoms with Crippen molar-refractivity contribution >= 4 is 11.8 Å². The fourth-order valence-electron chi connectivity index (χ4n) is 3.14. The number of ether oxygens (including phenoxy) is 1. The van der Waals surface area contributed by atoms with Gasteiger partial charge in [-0.3, -0.25) is 0 Å². The Labute approximate surface area is 112 Å². The quantitative estimate of drug-likeness (QED) is 0.809. The summed E-state index contributed by atoms with van der Waals surface area (Å²) in [4.78, 5) is 15.8. The normalized spacial score (nSPS) is 29.0. The minimum atomic E-state index is -0.323. The zero-order valence-electron chi connectivity index (χ0n) is 11.1. The van der Waals surface area contributed by atoms with Gasteiger partial charge in [-0.05, 0) is 37.8 Å². The number of carbonyl (C=O) groups is 1. The van der Waals surface area contributed by atoms with E-state index >= 15 is 0 Å². The molecule has 3 heterocycles.